The molecule has 2 heterocycles. The van der Waals surface area contributed by atoms with E-state index in [-0.39, 0.29) is 0 Å². The second-order valence-corrected chi connectivity index (χ2v) is 5.38. The van der Waals surface area contributed by atoms with E-state index in [0.29, 0.717) is 0 Å². The highest BCUT2D eigenvalue weighted by Crippen LogP contribution is 2.35. The molecular formula is C18H16N2. The quantitative estimate of drug-likeness (QED) is 0.656. The Labute approximate surface area is 118 Å². The van der Waals surface area contributed by atoms with Gasteiger partial charge in [-0.1, -0.05) is 30.3 Å². The Bertz CT molecular complexity index is 763. The van der Waals surface area contributed by atoms with E-state index in [1.54, 1.807) is 0 Å². The molecule has 0 saturated heterocycles. The standard InChI is InChI=1S/C18H16N2/c1-2-6-13(7-3-1)18-14-8-4-5-9-16(14)20-17-12-19-11-10-15(17)18/h1-3,6-7,10-12H,4-5,8-9H2. The third kappa shape index (κ3) is 1.80. The monoisotopic (exact) mass is 260 g/mol. The van der Waals surface area contributed by atoms with E-state index in [4.69, 9.17) is 4.98 Å². The summed E-state index contributed by atoms with van der Waals surface area (Å²) >= 11 is 0. The highest BCUT2D eigenvalue weighted by Gasteiger charge is 2.18. The van der Waals surface area contributed by atoms with Gasteiger partial charge < -0.3 is 0 Å². The number of fused-ring (bicyclic) bond motifs is 2. The molecule has 3 aromatic rings. The number of aromatic nitrogens is 2. The van der Waals surface area contributed by atoms with Gasteiger partial charge in [-0.15, -0.1) is 0 Å². The summed E-state index contributed by atoms with van der Waals surface area (Å²) < 4.78 is 0. The van der Waals surface area contributed by atoms with E-state index >= 15 is 0 Å². The summed E-state index contributed by atoms with van der Waals surface area (Å²) in [5, 5.41) is 1.23. The van der Waals surface area contributed by atoms with Crippen molar-refractivity contribution >= 4 is 10.9 Å². The van der Waals surface area contributed by atoms with E-state index in [1.807, 2.05) is 12.4 Å². The zero-order valence-corrected chi connectivity index (χ0v) is 11.3. The van der Waals surface area contributed by atoms with E-state index in [1.165, 1.54) is 40.6 Å². The molecule has 98 valence electrons. The van der Waals surface area contributed by atoms with Gasteiger partial charge in [-0.05, 0) is 48.4 Å². The minimum Gasteiger partial charge on any atom is -0.262 e. The predicted octanol–water partition coefficient (Wildman–Crippen LogP) is 4.18. The summed E-state index contributed by atoms with van der Waals surface area (Å²) in [6.45, 7) is 0. The average molecular weight is 260 g/mol. The average Bonchev–Trinajstić information content (AvgIpc) is 2.53. The highest BCUT2D eigenvalue weighted by molar-refractivity contribution is 5.96. The third-order valence-electron chi connectivity index (χ3n) is 4.13. The largest absolute Gasteiger partial charge is 0.262 e. The summed E-state index contributed by atoms with van der Waals surface area (Å²) in [6.07, 6.45) is 8.51. The number of aryl methyl sites for hydroxylation is 1. The molecule has 0 spiro atoms. The van der Waals surface area contributed by atoms with Crippen molar-refractivity contribution in [1.29, 1.82) is 0 Å². The lowest BCUT2D eigenvalue weighted by atomic mass is 9.87. The van der Waals surface area contributed by atoms with Gasteiger partial charge in [0.1, 0.15) is 0 Å². The van der Waals surface area contributed by atoms with E-state index in [2.05, 4.69) is 41.4 Å². The summed E-state index contributed by atoms with van der Waals surface area (Å²) in [5.74, 6) is 0. The molecule has 0 aliphatic heterocycles. The van der Waals surface area contributed by atoms with Crippen molar-refractivity contribution in [3.8, 4) is 11.1 Å². The number of pyridine rings is 2. The lowest BCUT2D eigenvalue weighted by molar-refractivity contribution is 0.672. The van der Waals surface area contributed by atoms with Gasteiger partial charge >= 0.3 is 0 Å². The van der Waals surface area contributed by atoms with Crippen LogP contribution in [0.2, 0.25) is 0 Å². The maximum Gasteiger partial charge on any atom is 0.0894 e. The summed E-state index contributed by atoms with van der Waals surface area (Å²) in [7, 11) is 0. The molecule has 0 amide bonds. The fourth-order valence-corrected chi connectivity index (χ4v) is 3.21. The van der Waals surface area contributed by atoms with Crippen LogP contribution in [0.5, 0.6) is 0 Å². The number of nitrogens with zero attached hydrogens (tertiary/aromatic N) is 2. The van der Waals surface area contributed by atoms with Crippen molar-refractivity contribution in [2.45, 2.75) is 25.7 Å². The summed E-state index contributed by atoms with van der Waals surface area (Å²) in [6, 6.07) is 12.8. The Kier molecular flexibility index (Phi) is 2.73. The summed E-state index contributed by atoms with van der Waals surface area (Å²) in [4.78, 5) is 9.07. The molecule has 0 unspecified atom stereocenters. The first-order chi connectivity index (χ1) is 9.93. The molecule has 2 heteroatoms. The van der Waals surface area contributed by atoms with Crippen molar-refractivity contribution in [1.82, 2.24) is 9.97 Å². The molecule has 0 bridgehead atoms. The Morgan fingerprint density at radius 2 is 1.75 bits per heavy atom. The van der Waals surface area contributed by atoms with Crippen LogP contribution >= 0.6 is 0 Å². The van der Waals surface area contributed by atoms with Crippen molar-refractivity contribution in [3.63, 3.8) is 0 Å². The Hall–Kier alpha value is -2.22. The zero-order valence-electron chi connectivity index (χ0n) is 11.3. The third-order valence-corrected chi connectivity index (χ3v) is 4.13. The predicted molar refractivity (Wildman–Crippen MR) is 81.6 cm³/mol. The van der Waals surface area contributed by atoms with Crippen LogP contribution in [0, 0.1) is 0 Å². The van der Waals surface area contributed by atoms with Crippen LogP contribution in [0.4, 0.5) is 0 Å². The number of benzene rings is 1. The smallest absolute Gasteiger partial charge is 0.0894 e. The van der Waals surface area contributed by atoms with Crippen molar-refractivity contribution in [2.75, 3.05) is 0 Å². The van der Waals surface area contributed by atoms with Gasteiger partial charge in [0.25, 0.3) is 0 Å². The van der Waals surface area contributed by atoms with E-state index in [9.17, 15) is 0 Å². The zero-order chi connectivity index (χ0) is 13.4. The van der Waals surface area contributed by atoms with Gasteiger partial charge in [0, 0.05) is 17.3 Å². The van der Waals surface area contributed by atoms with Gasteiger partial charge in [0.2, 0.25) is 0 Å². The molecule has 1 aliphatic rings. The van der Waals surface area contributed by atoms with E-state index in [0.717, 1.165) is 18.4 Å². The topological polar surface area (TPSA) is 25.8 Å². The van der Waals surface area contributed by atoms with E-state index < -0.39 is 0 Å². The minimum absolute atomic E-state index is 1.02. The first-order valence-corrected chi connectivity index (χ1v) is 7.24. The first-order valence-electron chi connectivity index (χ1n) is 7.24. The highest BCUT2D eigenvalue weighted by atomic mass is 14.7. The molecule has 0 fully saturated rings. The number of rotatable bonds is 1. The normalized spacial score (nSPS) is 14.2. The summed E-state index contributed by atoms with van der Waals surface area (Å²) in [5.41, 5.74) is 6.40. The van der Waals surface area contributed by atoms with Crippen LogP contribution in [0.1, 0.15) is 24.1 Å². The number of hydrogen-bond acceptors (Lipinski definition) is 2. The maximum atomic E-state index is 4.84. The first kappa shape index (κ1) is 11.6. The SMILES string of the molecule is c1ccc(-c2c3c(nc4cnccc24)CCCC3)cc1. The minimum atomic E-state index is 1.02. The molecule has 2 nitrogen and oxygen atoms in total. The van der Waals surface area contributed by atoms with Crippen LogP contribution in [0.3, 0.4) is 0 Å². The van der Waals surface area contributed by atoms with Crippen molar-refractivity contribution in [2.24, 2.45) is 0 Å². The second-order valence-electron chi connectivity index (χ2n) is 5.38. The molecular weight excluding hydrogens is 244 g/mol. The van der Waals surface area contributed by atoms with Crippen LogP contribution in [-0.2, 0) is 12.8 Å². The maximum absolute atomic E-state index is 4.84. The van der Waals surface area contributed by atoms with Crippen molar-refractivity contribution in [3.05, 3.63) is 60.0 Å². The number of hydrogen-bond donors (Lipinski definition) is 0. The molecule has 1 aromatic carbocycles. The van der Waals surface area contributed by atoms with Crippen LogP contribution < -0.4 is 0 Å². The molecule has 0 N–H and O–H groups in total. The van der Waals surface area contributed by atoms with Gasteiger partial charge in [0.15, 0.2) is 0 Å². The van der Waals surface area contributed by atoms with Crippen LogP contribution in [-0.4, -0.2) is 9.97 Å². The molecule has 0 radical (unpaired) electrons. The van der Waals surface area contributed by atoms with Gasteiger partial charge in [-0.3, -0.25) is 9.97 Å². The second kappa shape index (κ2) is 4.71. The Morgan fingerprint density at radius 1 is 0.900 bits per heavy atom. The molecule has 0 saturated carbocycles. The van der Waals surface area contributed by atoms with Gasteiger partial charge in [-0.25, -0.2) is 0 Å². The van der Waals surface area contributed by atoms with Gasteiger partial charge in [0.05, 0.1) is 11.7 Å². The Morgan fingerprint density at radius 3 is 2.65 bits per heavy atom. The molecule has 1 aliphatic carbocycles. The van der Waals surface area contributed by atoms with Crippen LogP contribution in [0.25, 0.3) is 22.0 Å². The lowest BCUT2D eigenvalue weighted by Gasteiger charge is -2.20. The molecule has 2 aromatic heterocycles. The molecule has 20 heavy (non-hydrogen) atoms. The van der Waals surface area contributed by atoms with Crippen molar-refractivity contribution < 1.29 is 0 Å². The van der Waals surface area contributed by atoms with Crippen LogP contribution in [0.15, 0.2) is 48.8 Å². The Balaban J connectivity index is 2.10. The fourth-order valence-electron chi connectivity index (χ4n) is 3.21. The fraction of sp³-hybridized carbons (Fsp3) is 0.222. The van der Waals surface area contributed by atoms with Gasteiger partial charge in [-0.2, -0.15) is 0 Å². The molecule has 0 atom stereocenters. The lowest BCUT2D eigenvalue weighted by Crippen LogP contribution is -2.08. The molecule has 4 rings (SSSR count).